The predicted molar refractivity (Wildman–Crippen MR) is 90.8 cm³/mol. The number of benzene rings is 1. The summed E-state index contributed by atoms with van der Waals surface area (Å²) in [6.45, 7) is 6.80. The highest BCUT2D eigenvalue weighted by molar-refractivity contribution is 14.1. The fourth-order valence-electron chi connectivity index (χ4n) is 2.41. The Morgan fingerprint density at radius 2 is 2.00 bits per heavy atom. The van der Waals surface area contributed by atoms with Crippen molar-refractivity contribution in [1.82, 2.24) is 9.55 Å². The molecule has 1 aromatic heterocycles. The number of hydrogen-bond donors (Lipinski definition) is 0. The van der Waals surface area contributed by atoms with Gasteiger partial charge in [0.25, 0.3) is 0 Å². The Hall–Kier alpha value is -0.290. The molecule has 0 aliphatic rings. The van der Waals surface area contributed by atoms with E-state index in [1.807, 2.05) is 0 Å². The number of hydrogen-bond acceptors (Lipinski definition) is 1. The molecular formula is C15H20ClIN2. The molecule has 104 valence electrons. The molecule has 0 aliphatic carbocycles. The maximum atomic E-state index is 6.06. The van der Waals surface area contributed by atoms with Crippen LogP contribution in [-0.2, 0) is 5.88 Å². The van der Waals surface area contributed by atoms with Gasteiger partial charge >= 0.3 is 0 Å². The van der Waals surface area contributed by atoms with E-state index in [9.17, 15) is 0 Å². The predicted octanol–water partition coefficient (Wildman–Crippen LogP) is 5.38. The highest BCUT2D eigenvalue weighted by Crippen LogP contribution is 2.27. The van der Waals surface area contributed by atoms with Gasteiger partial charge in [0.1, 0.15) is 5.82 Å². The van der Waals surface area contributed by atoms with Crippen molar-refractivity contribution >= 4 is 45.2 Å². The van der Waals surface area contributed by atoms with Crippen molar-refractivity contribution in [1.29, 1.82) is 0 Å². The molecule has 1 aromatic carbocycles. The maximum Gasteiger partial charge on any atom is 0.125 e. The van der Waals surface area contributed by atoms with Crippen LogP contribution in [0.4, 0.5) is 0 Å². The van der Waals surface area contributed by atoms with E-state index < -0.39 is 0 Å². The normalized spacial score (nSPS) is 13.4. The topological polar surface area (TPSA) is 17.8 Å². The Morgan fingerprint density at radius 3 is 2.63 bits per heavy atom. The van der Waals surface area contributed by atoms with E-state index in [0.29, 0.717) is 11.9 Å². The van der Waals surface area contributed by atoms with Gasteiger partial charge in [0, 0.05) is 9.61 Å². The molecule has 2 nitrogen and oxygen atoms in total. The van der Waals surface area contributed by atoms with E-state index in [0.717, 1.165) is 17.3 Å². The highest BCUT2D eigenvalue weighted by atomic mass is 127. The molecule has 1 unspecified atom stereocenters. The first-order valence-corrected chi connectivity index (χ1v) is 8.36. The van der Waals surface area contributed by atoms with Crippen LogP contribution in [0, 0.1) is 9.49 Å². The van der Waals surface area contributed by atoms with E-state index in [1.54, 1.807) is 0 Å². The maximum absolute atomic E-state index is 6.06. The van der Waals surface area contributed by atoms with Crippen molar-refractivity contribution in [3.63, 3.8) is 0 Å². The summed E-state index contributed by atoms with van der Waals surface area (Å²) >= 11 is 8.39. The minimum absolute atomic E-state index is 0.446. The molecule has 0 aliphatic heterocycles. The second-order valence-corrected chi connectivity index (χ2v) is 7.00. The smallest absolute Gasteiger partial charge is 0.125 e. The third kappa shape index (κ3) is 3.43. The number of alkyl halides is 1. The van der Waals surface area contributed by atoms with E-state index in [2.05, 4.69) is 71.1 Å². The molecule has 0 N–H and O–H groups in total. The molecular weight excluding hydrogens is 371 g/mol. The molecule has 1 atom stereocenters. The summed E-state index contributed by atoms with van der Waals surface area (Å²) in [5.74, 6) is 2.18. The molecule has 2 aromatic rings. The van der Waals surface area contributed by atoms with Crippen molar-refractivity contribution in [2.75, 3.05) is 0 Å². The van der Waals surface area contributed by atoms with Crippen LogP contribution >= 0.6 is 34.2 Å². The number of halogens is 2. The van der Waals surface area contributed by atoms with Gasteiger partial charge in [0.2, 0.25) is 0 Å². The second-order valence-electron chi connectivity index (χ2n) is 5.48. The molecule has 0 spiro atoms. The summed E-state index contributed by atoms with van der Waals surface area (Å²) in [7, 11) is 0. The van der Waals surface area contributed by atoms with Gasteiger partial charge < -0.3 is 4.57 Å². The monoisotopic (exact) mass is 390 g/mol. The number of fused-ring (bicyclic) bond motifs is 1. The van der Waals surface area contributed by atoms with Crippen molar-refractivity contribution in [2.45, 2.75) is 45.5 Å². The van der Waals surface area contributed by atoms with Crippen LogP contribution < -0.4 is 0 Å². The Balaban J connectivity index is 2.39. The summed E-state index contributed by atoms with van der Waals surface area (Å²) in [5, 5.41) is 0. The minimum Gasteiger partial charge on any atom is -0.324 e. The average molecular weight is 391 g/mol. The molecule has 2 rings (SSSR count). The number of aromatic nitrogens is 2. The van der Waals surface area contributed by atoms with Gasteiger partial charge in [-0.3, -0.25) is 0 Å². The van der Waals surface area contributed by atoms with Crippen molar-refractivity contribution in [3.8, 4) is 0 Å². The van der Waals surface area contributed by atoms with E-state index in [4.69, 9.17) is 11.6 Å². The van der Waals surface area contributed by atoms with Gasteiger partial charge in [-0.25, -0.2) is 4.98 Å². The molecule has 4 heteroatoms. The lowest BCUT2D eigenvalue weighted by Gasteiger charge is -2.18. The molecule has 19 heavy (non-hydrogen) atoms. The summed E-state index contributed by atoms with van der Waals surface area (Å²) in [6, 6.07) is 6.86. The molecule has 0 fully saturated rings. The summed E-state index contributed by atoms with van der Waals surface area (Å²) in [5.41, 5.74) is 2.26. The first-order valence-electron chi connectivity index (χ1n) is 6.75. The van der Waals surface area contributed by atoms with Crippen LogP contribution in [0.25, 0.3) is 11.0 Å². The first-order chi connectivity index (χ1) is 9.02. The van der Waals surface area contributed by atoms with Crippen LogP contribution in [-0.4, -0.2) is 9.55 Å². The first kappa shape index (κ1) is 15.1. The van der Waals surface area contributed by atoms with Crippen molar-refractivity contribution in [3.05, 3.63) is 27.6 Å². The van der Waals surface area contributed by atoms with Crippen LogP contribution in [0.15, 0.2) is 18.2 Å². The van der Waals surface area contributed by atoms with Gasteiger partial charge in [-0.15, -0.1) is 11.6 Å². The lowest BCUT2D eigenvalue weighted by atomic mass is 10.0. The van der Waals surface area contributed by atoms with E-state index in [-0.39, 0.29) is 0 Å². The van der Waals surface area contributed by atoms with Crippen LogP contribution in [0.1, 0.15) is 45.5 Å². The Kier molecular flexibility index (Phi) is 5.12. The quantitative estimate of drug-likeness (QED) is 0.495. The zero-order chi connectivity index (χ0) is 14.0. The number of nitrogens with zero attached hydrogens (tertiary/aromatic N) is 2. The largest absolute Gasteiger partial charge is 0.324 e. The van der Waals surface area contributed by atoms with Gasteiger partial charge in [-0.1, -0.05) is 13.8 Å². The Bertz CT molecular complexity index is 563. The van der Waals surface area contributed by atoms with Gasteiger partial charge in [-0.2, -0.15) is 0 Å². The van der Waals surface area contributed by atoms with Gasteiger partial charge in [0.05, 0.1) is 16.9 Å². The molecule has 0 bridgehead atoms. The summed E-state index contributed by atoms with van der Waals surface area (Å²) in [6.07, 6.45) is 2.39. The number of rotatable bonds is 5. The Morgan fingerprint density at radius 1 is 1.26 bits per heavy atom. The van der Waals surface area contributed by atoms with Crippen LogP contribution in [0.5, 0.6) is 0 Å². The molecule has 0 amide bonds. The minimum atomic E-state index is 0.446. The second kappa shape index (κ2) is 6.44. The average Bonchev–Trinajstić information content (AvgIpc) is 2.73. The highest BCUT2D eigenvalue weighted by Gasteiger charge is 2.15. The lowest BCUT2D eigenvalue weighted by Crippen LogP contribution is -2.09. The van der Waals surface area contributed by atoms with E-state index in [1.165, 1.54) is 21.9 Å². The lowest BCUT2D eigenvalue weighted by molar-refractivity contribution is 0.440. The molecule has 0 saturated carbocycles. The third-order valence-electron chi connectivity index (χ3n) is 3.45. The third-order valence-corrected chi connectivity index (χ3v) is 4.36. The Labute approximate surface area is 133 Å². The fourth-order valence-corrected chi connectivity index (χ4v) is 3.07. The van der Waals surface area contributed by atoms with Gasteiger partial charge in [-0.05, 0) is 66.5 Å². The fraction of sp³-hybridized carbons (Fsp3) is 0.533. The molecule has 0 saturated heterocycles. The zero-order valence-corrected chi connectivity index (χ0v) is 14.6. The zero-order valence-electron chi connectivity index (χ0n) is 11.7. The molecule has 0 radical (unpaired) electrons. The number of imidazole rings is 1. The summed E-state index contributed by atoms with van der Waals surface area (Å²) < 4.78 is 3.52. The van der Waals surface area contributed by atoms with E-state index >= 15 is 0 Å². The summed E-state index contributed by atoms with van der Waals surface area (Å²) in [4.78, 5) is 4.67. The SMILES string of the molecule is CC(C)CCC(C)n1c(CCl)nc2cc(I)ccc21. The van der Waals surface area contributed by atoms with Crippen molar-refractivity contribution < 1.29 is 0 Å². The standard InChI is InChI=1S/C15H20ClIN2/c1-10(2)4-5-11(3)19-14-7-6-12(17)8-13(14)18-15(19)9-16/h6-8,10-11H,4-5,9H2,1-3H3. The molecule has 1 heterocycles. The van der Waals surface area contributed by atoms with Crippen molar-refractivity contribution in [2.24, 2.45) is 5.92 Å². The van der Waals surface area contributed by atoms with Crippen LogP contribution in [0.2, 0.25) is 0 Å². The van der Waals surface area contributed by atoms with Crippen LogP contribution in [0.3, 0.4) is 0 Å². The van der Waals surface area contributed by atoms with Gasteiger partial charge in [0.15, 0.2) is 0 Å².